The van der Waals surface area contributed by atoms with Gasteiger partial charge in [-0.3, -0.25) is 0 Å². The summed E-state index contributed by atoms with van der Waals surface area (Å²) in [7, 11) is 0. The van der Waals surface area contributed by atoms with Crippen LogP contribution in [0.25, 0.3) is 10.2 Å². The Bertz CT molecular complexity index is 574. The minimum atomic E-state index is 0.921. The highest BCUT2D eigenvalue weighted by Gasteiger charge is 2.09. The molecule has 0 atom stereocenters. The van der Waals surface area contributed by atoms with Crippen LogP contribution in [0.15, 0.2) is 22.6 Å². The normalized spacial score (nSPS) is 15.2. The summed E-state index contributed by atoms with van der Waals surface area (Å²) in [5.41, 5.74) is 4.81. The van der Waals surface area contributed by atoms with E-state index in [0.29, 0.717) is 0 Å². The number of aromatic nitrogens is 2. The van der Waals surface area contributed by atoms with Crippen LogP contribution in [-0.2, 0) is 0 Å². The van der Waals surface area contributed by atoms with Crippen molar-refractivity contribution < 1.29 is 0 Å². The molecule has 2 aromatic rings. The molecule has 0 aromatic carbocycles. The third kappa shape index (κ3) is 2.17. The van der Waals surface area contributed by atoms with Crippen molar-refractivity contribution in [3.63, 3.8) is 0 Å². The molecule has 88 valence electrons. The molecule has 3 nitrogen and oxygen atoms in total. The van der Waals surface area contributed by atoms with Gasteiger partial charge < -0.3 is 5.32 Å². The smallest absolute Gasteiger partial charge is 0.109 e. The van der Waals surface area contributed by atoms with E-state index in [2.05, 4.69) is 33.2 Å². The summed E-state index contributed by atoms with van der Waals surface area (Å²) in [6, 6.07) is 0. The van der Waals surface area contributed by atoms with Crippen LogP contribution in [0.1, 0.15) is 12.0 Å². The zero-order valence-corrected chi connectivity index (χ0v) is 11.2. The van der Waals surface area contributed by atoms with Crippen molar-refractivity contribution in [3.05, 3.63) is 28.1 Å². The summed E-state index contributed by atoms with van der Waals surface area (Å²) < 4.78 is 1.21. The molecule has 1 N–H and O–H groups in total. The summed E-state index contributed by atoms with van der Waals surface area (Å²) in [5.74, 6) is 1.22. The molecule has 2 aromatic heterocycles. The standard InChI is InChI=1S/C12H13N3S2/c1-8-6-17-12-10(5-14-15-11(8)12)13-4-9-2-3-16-7-9/h5-7H,2-4H2,1H3,(H,13,15). The van der Waals surface area contributed by atoms with Gasteiger partial charge in [0.15, 0.2) is 0 Å². The topological polar surface area (TPSA) is 37.8 Å². The average Bonchev–Trinajstić information content (AvgIpc) is 2.97. The number of thioether (sulfide) groups is 1. The Labute approximate surface area is 108 Å². The fourth-order valence-electron chi connectivity index (χ4n) is 1.85. The number of anilines is 1. The SMILES string of the molecule is Cc1csc2c(NCC3=CSCC3)cnnc12. The van der Waals surface area contributed by atoms with Crippen LogP contribution in [0.5, 0.6) is 0 Å². The highest BCUT2D eigenvalue weighted by atomic mass is 32.2. The number of fused-ring (bicyclic) bond motifs is 1. The van der Waals surface area contributed by atoms with Crippen LogP contribution < -0.4 is 5.32 Å². The van der Waals surface area contributed by atoms with Crippen LogP contribution in [0, 0.1) is 6.92 Å². The summed E-state index contributed by atoms with van der Waals surface area (Å²) in [5, 5.41) is 16.1. The van der Waals surface area contributed by atoms with E-state index in [9.17, 15) is 0 Å². The maximum absolute atomic E-state index is 4.18. The summed E-state index contributed by atoms with van der Waals surface area (Å²) in [4.78, 5) is 0. The lowest BCUT2D eigenvalue weighted by Gasteiger charge is -2.06. The maximum atomic E-state index is 4.18. The molecule has 0 amide bonds. The molecule has 0 spiro atoms. The first-order valence-electron chi connectivity index (χ1n) is 5.57. The largest absolute Gasteiger partial charge is 0.379 e. The van der Waals surface area contributed by atoms with Gasteiger partial charge in [-0.15, -0.1) is 28.2 Å². The van der Waals surface area contributed by atoms with E-state index in [0.717, 1.165) is 17.7 Å². The minimum absolute atomic E-state index is 0.921. The number of rotatable bonds is 3. The van der Waals surface area contributed by atoms with Crippen molar-refractivity contribution in [1.29, 1.82) is 0 Å². The zero-order chi connectivity index (χ0) is 11.7. The summed E-state index contributed by atoms with van der Waals surface area (Å²) in [6.45, 7) is 3.00. The average molecular weight is 263 g/mol. The molecular weight excluding hydrogens is 250 g/mol. The Hall–Kier alpha value is -1.07. The maximum Gasteiger partial charge on any atom is 0.109 e. The fraction of sp³-hybridized carbons (Fsp3) is 0.333. The molecule has 17 heavy (non-hydrogen) atoms. The monoisotopic (exact) mass is 263 g/mol. The number of hydrogen-bond acceptors (Lipinski definition) is 5. The van der Waals surface area contributed by atoms with E-state index >= 15 is 0 Å². The lowest BCUT2D eigenvalue weighted by molar-refractivity contribution is 1.05. The molecule has 0 saturated heterocycles. The van der Waals surface area contributed by atoms with Crippen LogP contribution in [0.4, 0.5) is 5.69 Å². The van der Waals surface area contributed by atoms with Gasteiger partial charge >= 0.3 is 0 Å². The van der Waals surface area contributed by atoms with Gasteiger partial charge in [0.05, 0.1) is 16.6 Å². The molecule has 3 heterocycles. The first kappa shape index (κ1) is 11.0. The molecule has 0 unspecified atom stereocenters. The van der Waals surface area contributed by atoms with Crippen LogP contribution in [-0.4, -0.2) is 22.5 Å². The van der Waals surface area contributed by atoms with Crippen molar-refractivity contribution in [2.45, 2.75) is 13.3 Å². The van der Waals surface area contributed by atoms with E-state index in [1.165, 1.54) is 28.0 Å². The third-order valence-electron chi connectivity index (χ3n) is 2.83. The number of aryl methyl sites for hydroxylation is 1. The van der Waals surface area contributed by atoms with Gasteiger partial charge in [0, 0.05) is 12.3 Å². The molecular formula is C12H13N3S2. The first-order valence-corrected chi connectivity index (χ1v) is 7.50. The fourth-order valence-corrected chi connectivity index (χ4v) is 3.75. The van der Waals surface area contributed by atoms with Crippen LogP contribution >= 0.6 is 23.1 Å². The quantitative estimate of drug-likeness (QED) is 0.920. The molecule has 0 aliphatic carbocycles. The Kier molecular flexibility index (Phi) is 3.03. The number of nitrogens with one attached hydrogen (secondary N) is 1. The van der Waals surface area contributed by atoms with Gasteiger partial charge in [0.2, 0.25) is 0 Å². The van der Waals surface area contributed by atoms with Gasteiger partial charge in [-0.1, -0.05) is 0 Å². The second kappa shape index (κ2) is 4.66. The number of nitrogens with zero attached hydrogens (tertiary/aromatic N) is 2. The van der Waals surface area contributed by atoms with Crippen LogP contribution in [0.3, 0.4) is 0 Å². The van der Waals surface area contributed by atoms with Gasteiger partial charge in [0.25, 0.3) is 0 Å². The molecule has 1 aliphatic rings. The highest BCUT2D eigenvalue weighted by Crippen LogP contribution is 2.30. The van der Waals surface area contributed by atoms with E-state index in [1.807, 2.05) is 18.0 Å². The van der Waals surface area contributed by atoms with E-state index in [1.54, 1.807) is 11.3 Å². The second-order valence-corrected chi connectivity index (χ2v) is 5.96. The van der Waals surface area contributed by atoms with Crippen molar-refractivity contribution in [2.75, 3.05) is 17.6 Å². The molecule has 0 fully saturated rings. The Balaban J connectivity index is 1.84. The predicted molar refractivity (Wildman–Crippen MR) is 75.8 cm³/mol. The van der Waals surface area contributed by atoms with Gasteiger partial charge in [-0.2, -0.15) is 5.10 Å². The molecule has 0 saturated carbocycles. The summed E-state index contributed by atoms with van der Waals surface area (Å²) in [6.07, 6.45) is 3.02. The van der Waals surface area contributed by atoms with E-state index in [-0.39, 0.29) is 0 Å². The van der Waals surface area contributed by atoms with Crippen molar-refractivity contribution in [1.82, 2.24) is 10.2 Å². The Morgan fingerprint density at radius 3 is 3.24 bits per heavy atom. The van der Waals surface area contributed by atoms with Crippen molar-refractivity contribution in [2.24, 2.45) is 0 Å². The number of hydrogen-bond donors (Lipinski definition) is 1. The van der Waals surface area contributed by atoms with Crippen LogP contribution in [0.2, 0.25) is 0 Å². The highest BCUT2D eigenvalue weighted by molar-refractivity contribution is 8.02. The summed E-state index contributed by atoms with van der Waals surface area (Å²) >= 11 is 3.63. The third-order valence-corrected chi connectivity index (χ3v) is 4.89. The molecule has 1 aliphatic heterocycles. The lowest BCUT2D eigenvalue weighted by atomic mass is 10.2. The van der Waals surface area contributed by atoms with Gasteiger partial charge in [-0.05, 0) is 35.3 Å². The van der Waals surface area contributed by atoms with Crippen molar-refractivity contribution >= 4 is 39.0 Å². The zero-order valence-electron chi connectivity index (χ0n) is 9.56. The molecule has 0 radical (unpaired) electrons. The Morgan fingerprint density at radius 1 is 1.47 bits per heavy atom. The Morgan fingerprint density at radius 2 is 2.41 bits per heavy atom. The molecule has 0 bridgehead atoms. The first-order chi connectivity index (χ1) is 8.34. The van der Waals surface area contributed by atoms with Gasteiger partial charge in [0.1, 0.15) is 5.52 Å². The minimum Gasteiger partial charge on any atom is -0.379 e. The van der Waals surface area contributed by atoms with Crippen molar-refractivity contribution in [3.8, 4) is 0 Å². The predicted octanol–water partition coefficient (Wildman–Crippen LogP) is 3.43. The molecule has 3 rings (SSSR count). The lowest BCUT2D eigenvalue weighted by Crippen LogP contribution is -2.04. The second-order valence-electron chi connectivity index (χ2n) is 4.11. The van der Waals surface area contributed by atoms with Gasteiger partial charge in [-0.25, -0.2) is 0 Å². The van der Waals surface area contributed by atoms with E-state index in [4.69, 9.17) is 0 Å². The number of thiophene rings is 1. The molecule has 5 heteroatoms. The van der Waals surface area contributed by atoms with E-state index < -0.39 is 0 Å².